The molecular formula is C22H30N2O4S. The Balaban J connectivity index is 1.75. The van der Waals surface area contributed by atoms with Gasteiger partial charge in [-0.15, -0.1) is 0 Å². The molecule has 0 spiro atoms. The minimum Gasteiger partial charge on any atom is -0.492 e. The van der Waals surface area contributed by atoms with Gasteiger partial charge in [0.1, 0.15) is 12.4 Å². The first kappa shape index (κ1) is 22.7. The maximum absolute atomic E-state index is 12.1. The molecule has 0 aliphatic carbocycles. The molecule has 0 aliphatic heterocycles. The van der Waals surface area contributed by atoms with Crippen LogP contribution in [0.2, 0.25) is 0 Å². The normalized spacial score (nSPS) is 11.1. The van der Waals surface area contributed by atoms with E-state index < -0.39 is 10.0 Å². The van der Waals surface area contributed by atoms with E-state index in [9.17, 15) is 13.2 Å². The van der Waals surface area contributed by atoms with Crippen LogP contribution < -0.4 is 14.4 Å². The fraction of sp³-hybridized carbons (Fsp3) is 0.409. The number of amides is 1. The summed E-state index contributed by atoms with van der Waals surface area (Å²) in [5.41, 5.74) is 2.93. The smallest absolute Gasteiger partial charge is 0.232 e. The van der Waals surface area contributed by atoms with Gasteiger partial charge >= 0.3 is 0 Å². The number of hydrogen-bond acceptors (Lipinski definition) is 4. The van der Waals surface area contributed by atoms with Crippen molar-refractivity contribution in [1.29, 1.82) is 0 Å². The zero-order valence-electron chi connectivity index (χ0n) is 17.3. The topological polar surface area (TPSA) is 75.7 Å². The zero-order chi connectivity index (χ0) is 21.3. The molecule has 0 radical (unpaired) electrons. The highest BCUT2D eigenvalue weighted by atomic mass is 32.2. The number of aryl methyl sites for hydroxylation is 2. The molecule has 1 N–H and O–H groups in total. The van der Waals surface area contributed by atoms with E-state index in [0.717, 1.165) is 23.3 Å². The van der Waals surface area contributed by atoms with Crippen molar-refractivity contribution in [2.24, 2.45) is 0 Å². The highest BCUT2D eigenvalue weighted by Crippen LogP contribution is 2.19. The second kappa shape index (κ2) is 10.9. The van der Waals surface area contributed by atoms with Crippen molar-refractivity contribution in [3.63, 3.8) is 0 Å². The van der Waals surface area contributed by atoms with Crippen molar-refractivity contribution >= 4 is 21.6 Å². The second-order valence-electron chi connectivity index (χ2n) is 6.97. The lowest BCUT2D eigenvalue weighted by atomic mass is 10.1. The van der Waals surface area contributed by atoms with E-state index in [2.05, 4.69) is 5.32 Å². The molecule has 0 fully saturated rings. The monoisotopic (exact) mass is 418 g/mol. The number of carbonyl (C=O) groups is 1. The predicted molar refractivity (Wildman–Crippen MR) is 117 cm³/mol. The molecule has 29 heavy (non-hydrogen) atoms. The molecule has 0 saturated heterocycles. The predicted octanol–water partition coefficient (Wildman–Crippen LogP) is 3.30. The Morgan fingerprint density at radius 2 is 1.72 bits per heavy atom. The van der Waals surface area contributed by atoms with Gasteiger partial charge in [0, 0.05) is 13.0 Å². The van der Waals surface area contributed by atoms with E-state index in [4.69, 9.17) is 4.74 Å². The fourth-order valence-electron chi connectivity index (χ4n) is 2.85. The Morgan fingerprint density at radius 3 is 2.31 bits per heavy atom. The van der Waals surface area contributed by atoms with Gasteiger partial charge in [0.25, 0.3) is 0 Å². The summed E-state index contributed by atoms with van der Waals surface area (Å²) in [6.45, 7) is 5.11. The largest absolute Gasteiger partial charge is 0.492 e. The van der Waals surface area contributed by atoms with Gasteiger partial charge in [-0.1, -0.05) is 36.8 Å². The minimum atomic E-state index is -3.41. The van der Waals surface area contributed by atoms with Crippen molar-refractivity contribution in [2.75, 3.05) is 30.3 Å². The highest BCUT2D eigenvalue weighted by molar-refractivity contribution is 7.92. The number of carbonyl (C=O) groups excluding carboxylic acids is 1. The third-order valence-electron chi connectivity index (χ3n) is 4.51. The number of ether oxygens (including phenoxy) is 1. The lowest BCUT2D eigenvalue weighted by molar-refractivity contribution is -0.121. The molecular weight excluding hydrogens is 388 g/mol. The lowest BCUT2D eigenvalue weighted by Crippen LogP contribution is -2.32. The van der Waals surface area contributed by atoms with E-state index in [0.29, 0.717) is 25.3 Å². The Labute approximate surface area is 173 Å². The van der Waals surface area contributed by atoms with Gasteiger partial charge in [0.15, 0.2) is 0 Å². The number of hydrogen-bond donors (Lipinski definition) is 1. The molecule has 2 aromatic carbocycles. The van der Waals surface area contributed by atoms with E-state index in [1.807, 2.05) is 62.4 Å². The summed E-state index contributed by atoms with van der Waals surface area (Å²) in [7, 11) is -3.41. The van der Waals surface area contributed by atoms with E-state index in [1.165, 1.54) is 10.6 Å². The highest BCUT2D eigenvalue weighted by Gasteiger charge is 2.17. The molecule has 6 nitrogen and oxygen atoms in total. The summed E-state index contributed by atoms with van der Waals surface area (Å²) in [5, 5.41) is 2.80. The van der Waals surface area contributed by atoms with E-state index in [1.54, 1.807) is 0 Å². The van der Waals surface area contributed by atoms with Crippen molar-refractivity contribution in [2.45, 2.75) is 33.1 Å². The molecule has 0 aliphatic rings. The maximum atomic E-state index is 12.1. The van der Waals surface area contributed by atoms with Crippen molar-refractivity contribution in [1.82, 2.24) is 5.32 Å². The molecule has 0 heterocycles. The first-order chi connectivity index (χ1) is 13.8. The SMILES string of the molecule is CCc1ccc(N(CCCC(=O)NCCOc2ccc(C)cc2)S(C)(=O)=O)cc1. The van der Waals surface area contributed by atoms with Gasteiger partial charge in [-0.05, 0) is 49.6 Å². The van der Waals surface area contributed by atoms with Gasteiger partial charge < -0.3 is 10.1 Å². The van der Waals surface area contributed by atoms with E-state index in [-0.39, 0.29) is 18.9 Å². The van der Waals surface area contributed by atoms with Gasteiger partial charge in [0.05, 0.1) is 18.5 Å². The zero-order valence-corrected chi connectivity index (χ0v) is 18.2. The molecule has 0 bridgehead atoms. The van der Waals surface area contributed by atoms with Crippen LogP contribution in [0.15, 0.2) is 48.5 Å². The van der Waals surface area contributed by atoms with Gasteiger partial charge in [0.2, 0.25) is 15.9 Å². The Bertz CT molecular complexity index is 878. The molecule has 1 amide bonds. The number of nitrogens with zero attached hydrogens (tertiary/aromatic N) is 1. The van der Waals surface area contributed by atoms with Crippen LogP contribution in [0.25, 0.3) is 0 Å². The van der Waals surface area contributed by atoms with Gasteiger partial charge in [-0.3, -0.25) is 9.10 Å². The van der Waals surface area contributed by atoms with Crippen LogP contribution in [0, 0.1) is 6.92 Å². The van der Waals surface area contributed by atoms with Crippen LogP contribution in [-0.4, -0.2) is 40.3 Å². The third-order valence-corrected chi connectivity index (χ3v) is 5.71. The average Bonchev–Trinajstić information content (AvgIpc) is 2.69. The van der Waals surface area contributed by atoms with Crippen LogP contribution in [-0.2, 0) is 21.2 Å². The van der Waals surface area contributed by atoms with Crippen LogP contribution in [0.1, 0.15) is 30.9 Å². The van der Waals surface area contributed by atoms with Crippen molar-refractivity contribution in [3.05, 3.63) is 59.7 Å². The van der Waals surface area contributed by atoms with E-state index >= 15 is 0 Å². The molecule has 158 valence electrons. The number of sulfonamides is 1. The summed E-state index contributed by atoms with van der Waals surface area (Å²) in [6.07, 6.45) is 2.77. The summed E-state index contributed by atoms with van der Waals surface area (Å²) in [6, 6.07) is 15.2. The van der Waals surface area contributed by atoms with Crippen LogP contribution in [0.3, 0.4) is 0 Å². The minimum absolute atomic E-state index is 0.118. The molecule has 0 saturated carbocycles. The summed E-state index contributed by atoms with van der Waals surface area (Å²) in [5.74, 6) is 0.648. The first-order valence-corrected chi connectivity index (χ1v) is 11.7. The molecule has 0 unspecified atom stereocenters. The summed E-state index contributed by atoms with van der Waals surface area (Å²) in [4.78, 5) is 12.0. The number of nitrogens with one attached hydrogen (secondary N) is 1. The Morgan fingerprint density at radius 1 is 1.07 bits per heavy atom. The second-order valence-corrected chi connectivity index (χ2v) is 8.88. The van der Waals surface area contributed by atoms with Crippen LogP contribution in [0.5, 0.6) is 5.75 Å². The average molecular weight is 419 g/mol. The molecule has 2 aromatic rings. The molecule has 0 atom stereocenters. The quantitative estimate of drug-likeness (QED) is 0.568. The first-order valence-electron chi connectivity index (χ1n) is 9.82. The standard InChI is InChI=1S/C22H30N2O4S/c1-4-19-9-11-20(12-10-19)24(29(3,26)27)16-5-6-22(25)23-15-17-28-21-13-7-18(2)8-14-21/h7-14H,4-6,15-17H2,1-3H3,(H,23,25). The maximum Gasteiger partial charge on any atom is 0.232 e. The lowest BCUT2D eigenvalue weighted by Gasteiger charge is -2.22. The number of rotatable bonds is 11. The molecule has 7 heteroatoms. The van der Waals surface area contributed by atoms with Gasteiger partial charge in [-0.2, -0.15) is 0 Å². The Kier molecular flexibility index (Phi) is 8.51. The van der Waals surface area contributed by atoms with Crippen LogP contribution in [0.4, 0.5) is 5.69 Å². The number of anilines is 1. The summed E-state index contributed by atoms with van der Waals surface area (Å²) < 4.78 is 31.2. The van der Waals surface area contributed by atoms with Crippen LogP contribution >= 0.6 is 0 Å². The molecule has 2 rings (SSSR count). The fourth-order valence-corrected chi connectivity index (χ4v) is 3.82. The number of benzene rings is 2. The Hall–Kier alpha value is -2.54. The van der Waals surface area contributed by atoms with Crippen molar-refractivity contribution < 1.29 is 17.9 Å². The van der Waals surface area contributed by atoms with Gasteiger partial charge in [-0.25, -0.2) is 8.42 Å². The van der Waals surface area contributed by atoms with Crippen molar-refractivity contribution in [3.8, 4) is 5.75 Å². The summed E-state index contributed by atoms with van der Waals surface area (Å²) >= 11 is 0. The molecule has 0 aromatic heterocycles. The third kappa shape index (κ3) is 7.77.